The maximum absolute atomic E-state index is 15.7. The maximum atomic E-state index is 15.7. The van der Waals surface area contributed by atoms with E-state index in [4.69, 9.17) is 14.8 Å². The molecular formula is C38H41F2N5O4. The summed E-state index contributed by atoms with van der Waals surface area (Å²) >= 11 is 0. The van der Waals surface area contributed by atoms with Gasteiger partial charge >= 0.3 is 5.97 Å². The zero-order chi connectivity index (χ0) is 35.1. The molecule has 256 valence electrons. The van der Waals surface area contributed by atoms with Gasteiger partial charge < -0.3 is 19.7 Å². The van der Waals surface area contributed by atoms with Crippen molar-refractivity contribution in [2.24, 2.45) is 12.5 Å². The highest BCUT2D eigenvalue weighted by Gasteiger charge is 2.37. The highest BCUT2D eigenvalue weighted by Crippen LogP contribution is 2.41. The molecule has 0 fully saturated rings. The van der Waals surface area contributed by atoms with Crippen molar-refractivity contribution in [3.05, 3.63) is 94.9 Å². The van der Waals surface area contributed by atoms with E-state index in [-0.39, 0.29) is 53.5 Å². The summed E-state index contributed by atoms with van der Waals surface area (Å²) in [6, 6.07) is 15.2. The third kappa shape index (κ3) is 6.93. The molecule has 0 spiro atoms. The average Bonchev–Trinajstić information content (AvgIpc) is 3.69. The number of rotatable bonds is 4. The van der Waals surface area contributed by atoms with E-state index in [1.807, 2.05) is 37.3 Å². The Labute approximate surface area is 283 Å². The lowest BCUT2D eigenvalue weighted by Gasteiger charge is -2.35. The van der Waals surface area contributed by atoms with Crippen molar-refractivity contribution in [1.82, 2.24) is 24.6 Å². The molecule has 9 nitrogen and oxygen atoms in total. The van der Waals surface area contributed by atoms with E-state index < -0.39 is 23.0 Å². The summed E-state index contributed by atoms with van der Waals surface area (Å²) in [7, 11) is 3.49. The number of nitrogens with one attached hydrogen (secondary N) is 1. The summed E-state index contributed by atoms with van der Waals surface area (Å²) in [6.07, 6.45) is 3.75. The van der Waals surface area contributed by atoms with Crippen molar-refractivity contribution in [2.45, 2.75) is 64.7 Å². The lowest BCUT2D eigenvalue weighted by molar-refractivity contribution is -0.137. The number of carboxylic acid groups (broad SMARTS) is 1. The van der Waals surface area contributed by atoms with Gasteiger partial charge in [-0.25, -0.2) is 18.4 Å². The van der Waals surface area contributed by atoms with E-state index in [1.54, 1.807) is 25.2 Å². The number of nitrogens with zero attached hydrogens (tertiary/aromatic N) is 4. The number of hydrogen-bond donors (Lipinski definition) is 2. The predicted molar refractivity (Wildman–Crippen MR) is 183 cm³/mol. The van der Waals surface area contributed by atoms with Crippen molar-refractivity contribution in [3.8, 4) is 22.9 Å². The first-order valence-corrected chi connectivity index (χ1v) is 16.5. The number of carbonyl (C=O) groups excluding carboxylic acids is 1. The van der Waals surface area contributed by atoms with Gasteiger partial charge in [-0.15, -0.1) is 0 Å². The number of halogens is 2. The van der Waals surface area contributed by atoms with E-state index in [0.29, 0.717) is 42.7 Å². The number of benzene rings is 3. The number of carboxylic acids is 1. The highest BCUT2D eigenvalue weighted by atomic mass is 19.1. The third-order valence-corrected chi connectivity index (χ3v) is 9.69. The van der Waals surface area contributed by atoms with Gasteiger partial charge in [0.2, 0.25) is 5.91 Å². The van der Waals surface area contributed by atoms with Crippen LogP contribution in [0.3, 0.4) is 0 Å². The molecule has 3 aromatic carbocycles. The van der Waals surface area contributed by atoms with Crippen LogP contribution < -0.4 is 4.74 Å². The van der Waals surface area contributed by atoms with Crippen molar-refractivity contribution in [3.63, 3.8) is 0 Å². The fourth-order valence-electron chi connectivity index (χ4n) is 6.82. The minimum atomic E-state index is -0.874. The maximum Gasteiger partial charge on any atom is 0.303 e. The van der Waals surface area contributed by atoms with E-state index in [2.05, 4.69) is 18.8 Å². The van der Waals surface area contributed by atoms with E-state index in [9.17, 15) is 14.7 Å². The van der Waals surface area contributed by atoms with Gasteiger partial charge in [0.1, 0.15) is 11.6 Å². The van der Waals surface area contributed by atoms with Crippen LogP contribution in [0.4, 0.5) is 8.78 Å². The van der Waals surface area contributed by atoms with Gasteiger partial charge in [0.25, 0.3) is 0 Å². The van der Waals surface area contributed by atoms with Gasteiger partial charge in [-0.1, -0.05) is 38.1 Å². The van der Waals surface area contributed by atoms with Crippen LogP contribution >= 0.6 is 0 Å². The molecule has 6 rings (SSSR count). The minimum Gasteiger partial charge on any atom is -0.481 e. The number of hydrogen-bond acceptors (Lipinski definition) is 5. The number of aryl methyl sites for hydroxylation is 3. The Balaban J connectivity index is 1.50. The normalized spacial score (nSPS) is 18.4. The molecule has 1 unspecified atom stereocenters. The molecule has 2 N–H and O–H groups in total. The second-order valence-corrected chi connectivity index (χ2v) is 14.1. The molecule has 1 amide bonds. The smallest absolute Gasteiger partial charge is 0.303 e. The molecule has 2 aromatic heterocycles. The molecule has 0 radical (unpaired) electrons. The molecule has 1 atom stereocenters. The molecule has 1 aliphatic heterocycles. The van der Waals surface area contributed by atoms with Crippen molar-refractivity contribution in [2.75, 3.05) is 13.6 Å². The number of H-pyrrole nitrogens is 1. The summed E-state index contributed by atoms with van der Waals surface area (Å²) < 4.78 is 39.0. The van der Waals surface area contributed by atoms with Crippen LogP contribution in [0, 0.1) is 17.0 Å². The van der Waals surface area contributed by atoms with Crippen LogP contribution in [0.1, 0.15) is 69.0 Å². The summed E-state index contributed by atoms with van der Waals surface area (Å²) in [5, 5.41) is 14.9. The first kappa shape index (κ1) is 33.8. The monoisotopic (exact) mass is 669 g/mol. The fraction of sp³-hybridized carbons (Fsp3) is 0.368. The molecule has 49 heavy (non-hydrogen) atoms. The Morgan fingerprint density at radius 2 is 1.82 bits per heavy atom. The summed E-state index contributed by atoms with van der Waals surface area (Å²) in [6.45, 7) is 6.74. The number of aliphatic carboxylic acids is 1. The molecule has 1 aliphatic rings. The number of aromatic amines is 1. The zero-order valence-electron chi connectivity index (χ0n) is 28.4. The molecule has 4 bridgehead atoms. The zero-order valence-corrected chi connectivity index (χ0v) is 28.4. The predicted octanol–water partition coefficient (Wildman–Crippen LogP) is 7.57. The molecule has 0 aliphatic carbocycles. The first-order valence-electron chi connectivity index (χ1n) is 16.5. The van der Waals surface area contributed by atoms with Gasteiger partial charge in [-0.05, 0) is 73.4 Å². The Morgan fingerprint density at radius 3 is 2.59 bits per heavy atom. The van der Waals surface area contributed by atoms with Gasteiger partial charge in [0, 0.05) is 62.2 Å². The summed E-state index contributed by atoms with van der Waals surface area (Å²) in [5.41, 5.74) is 1.98. The second kappa shape index (κ2) is 13.1. The van der Waals surface area contributed by atoms with Gasteiger partial charge in [-0.3, -0.25) is 9.59 Å². The Morgan fingerprint density at radius 1 is 1.02 bits per heavy atom. The summed E-state index contributed by atoms with van der Waals surface area (Å²) in [5.74, 6) is -1.17. The molecule has 5 aromatic rings. The molecular weight excluding hydrogens is 628 g/mol. The van der Waals surface area contributed by atoms with Crippen molar-refractivity contribution >= 4 is 22.8 Å². The van der Waals surface area contributed by atoms with Crippen molar-refractivity contribution < 1.29 is 28.2 Å². The second-order valence-electron chi connectivity index (χ2n) is 14.1. The Bertz CT molecular complexity index is 2050. The molecule has 0 saturated carbocycles. The molecule has 11 heteroatoms. The fourth-order valence-corrected chi connectivity index (χ4v) is 6.82. The average molecular weight is 670 g/mol. The SMILES string of the molecule is CN1CC(C)(C)CCC(C)(c2cccc(CCC(=O)O)c2)c2nc(n(C)n2)-c2cc(ccc2F)Oc2c(F)cc3[nH]ccc3c2CCC1=O. The first-order chi connectivity index (χ1) is 23.2. The number of aromatic nitrogens is 4. The van der Waals surface area contributed by atoms with E-state index in [1.165, 1.54) is 28.9 Å². The van der Waals surface area contributed by atoms with Gasteiger partial charge in [0.05, 0.1) is 11.0 Å². The molecule has 0 saturated heterocycles. The standard InChI is InChI=1S/C38H41F2N5O4/c1-37(2)16-17-38(3,24-8-6-7-23(19-24)9-14-33(47)48)36-42-35(45(5)43-36)28-20-25(10-12-29(28)39)49-34-27(11-13-32(46)44(4)22-37)26-15-18-41-31(26)21-30(34)40/h6-8,10,12,15,18-21,41H,9,11,13-14,16-17,22H2,1-5H3,(H,47,48). The van der Waals surface area contributed by atoms with Crippen LogP contribution in [0.5, 0.6) is 11.5 Å². The van der Waals surface area contributed by atoms with Gasteiger partial charge in [-0.2, -0.15) is 5.10 Å². The lowest BCUT2D eigenvalue weighted by Crippen LogP contribution is -2.37. The largest absolute Gasteiger partial charge is 0.481 e. The highest BCUT2D eigenvalue weighted by molar-refractivity contribution is 5.86. The minimum absolute atomic E-state index is 0.00166. The van der Waals surface area contributed by atoms with Crippen LogP contribution in [0.25, 0.3) is 22.3 Å². The number of fused-ring (bicyclic) bond motifs is 8. The quantitative estimate of drug-likeness (QED) is 0.204. The molecule has 3 heterocycles. The van der Waals surface area contributed by atoms with Crippen LogP contribution in [-0.2, 0) is 34.9 Å². The van der Waals surface area contributed by atoms with Crippen LogP contribution in [-0.4, -0.2) is 55.2 Å². The Hall–Kier alpha value is -5.06. The number of ether oxygens (including phenoxy) is 1. The third-order valence-electron chi connectivity index (χ3n) is 9.69. The van der Waals surface area contributed by atoms with E-state index in [0.717, 1.165) is 16.5 Å². The number of carbonyl (C=O) groups is 2. The van der Waals surface area contributed by atoms with Gasteiger partial charge in [0.15, 0.2) is 23.2 Å². The van der Waals surface area contributed by atoms with E-state index >= 15 is 8.78 Å². The Kier molecular flexibility index (Phi) is 9.04. The topological polar surface area (TPSA) is 113 Å². The number of amides is 1. The summed E-state index contributed by atoms with van der Waals surface area (Å²) in [4.78, 5) is 34.6. The van der Waals surface area contributed by atoms with Crippen LogP contribution in [0.15, 0.2) is 60.8 Å². The lowest BCUT2D eigenvalue weighted by atomic mass is 9.73. The van der Waals surface area contributed by atoms with Crippen LogP contribution in [0.2, 0.25) is 0 Å². The van der Waals surface area contributed by atoms with Crippen molar-refractivity contribution in [1.29, 1.82) is 0 Å².